The zero-order valence-corrected chi connectivity index (χ0v) is 19.1. The molecule has 5 rings (SSSR count). The SMILES string of the molecule is O=C(NCc1cc(F)ccc1F)C1CCN(C(=O)c2ncn3c2COC(c2ccccc2)C3)CC1. The highest BCUT2D eigenvalue weighted by Gasteiger charge is 2.32. The highest BCUT2D eigenvalue weighted by Crippen LogP contribution is 2.29. The summed E-state index contributed by atoms with van der Waals surface area (Å²) in [6.45, 7) is 1.66. The monoisotopic (exact) mass is 480 g/mol. The summed E-state index contributed by atoms with van der Waals surface area (Å²) in [5.41, 5.74) is 2.34. The maximum Gasteiger partial charge on any atom is 0.274 e. The summed E-state index contributed by atoms with van der Waals surface area (Å²) in [4.78, 5) is 31.8. The third-order valence-electron chi connectivity index (χ3n) is 6.72. The van der Waals surface area contributed by atoms with E-state index in [4.69, 9.17) is 4.74 Å². The van der Waals surface area contributed by atoms with Crippen molar-refractivity contribution in [3.8, 4) is 0 Å². The lowest BCUT2D eigenvalue weighted by Gasteiger charge is -2.31. The minimum absolute atomic E-state index is 0.0770. The molecule has 0 radical (unpaired) electrons. The number of ether oxygens (including phenoxy) is 1. The van der Waals surface area contributed by atoms with Crippen molar-refractivity contribution in [3.05, 3.63) is 89.0 Å². The smallest absolute Gasteiger partial charge is 0.274 e. The molecule has 182 valence electrons. The fourth-order valence-electron chi connectivity index (χ4n) is 4.68. The van der Waals surface area contributed by atoms with Crippen LogP contribution in [-0.4, -0.2) is 39.4 Å². The van der Waals surface area contributed by atoms with Crippen LogP contribution in [-0.2, 0) is 29.2 Å². The molecule has 0 aliphatic carbocycles. The van der Waals surface area contributed by atoms with Crippen LogP contribution in [0.15, 0.2) is 54.9 Å². The van der Waals surface area contributed by atoms with Crippen LogP contribution in [0.2, 0.25) is 0 Å². The lowest BCUT2D eigenvalue weighted by Crippen LogP contribution is -2.43. The van der Waals surface area contributed by atoms with E-state index in [-0.39, 0.29) is 35.9 Å². The first-order valence-electron chi connectivity index (χ1n) is 11.7. The van der Waals surface area contributed by atoms with Gasteiger partial charge in [-0.15, -0.1) is 0 Å². The van der Waals surface area contributed by atoms with Crippen molar-refractivity contribution in [2.24, 2.45) is 5.92 Å². The second kappa shape index (κ2) is 9.95. The van der Waals surface area contributed by atoms with E-state index in [2.05, 4.69) is 10.3 Å². The molecular weight excluding hydrogens is 454 g/mol. The maximum absolute atomic E-state index is 13.8. The lowest BCUT2D eigenvalue weighted by atomic mass is 9.95. The fraction of sp³-hybridized carbons (Fsp3) is 0.346. The normalized spacial score (nSPS) is 18.2. The average molecular weight is 481 g/mol. The molecule has 1 aromatic heterocycles. The molecule has 1 atom stereocenters. The fourth-order valence-corrected chi connectivity index (χ4v) is 4.68. The van der Waals surface area contributed by atoms with Crippen LogP contribution >= 0.6 is 0 Å². The number of hydrogen-bond donors (Lipinski definition) is 1. The summed E-state index contributed by atoms with van der Waals surface area (Å²) < 4.78 is 35.1. The summed E-state index contributed by atoms with van der Waals surface area (Å²) >= 11 is 0. The van der Waals surface area contributed by atoms with Crippen LogP contribution in [0.25, 0.3) is 0 Å². The van der Waals surface area contributed by atoms with Gasteiger partial charge in [-0.3, -0.25) is 9.59 Å². The molecule has 2 amide bonds. The van der Waals surface area contributed by atoms with Crippen molar-refractivity contribution in [3.63, 3.8) is 0 Å². The van der Waals surface area contributed by atoms with E-state index in [1.165, 1.54) is 0 Å². The Kier molecular flexibility index (Phi) is 6.59. The number of carbonyl (C=O) groups excluding carboxylic acids is 2. The van der Waals surface area contributed by atoms with Gasteiger partial charge in [0.15, 0.2) is 5.69 Å². The highest BCUT2D eigenvalue weighted by molar-refractivity contribution is 5.93. The molecular formula is C26H26F2N4O3. The van der Waals surface area contributed by atoms with Crippen LogP contribution in [0.1, 0.15) is 46.3 Å². The molecule has 1 saturated heterocycles. The number of amides is 2. The molecule has 2 aliphatic heterocycles. The van der Waals surface area contributed by atoms with Gasteiger partial charge in [0.1, 0.15) is 17.7 Å². The molecule has 1 unspecified atom stereocenters. The Balaban J connectivity index is 1.15. The molecule has 1 N–H and O–H groups in total. The van der Waals surface area contributed by atoms with Gasteiger partial charge in [-0.05, 0) is 36.6 Å². The number of nitrogens with zero attached hydrogens (tertiary/aromatic N) is 3. The van der Waals surface area contributed by atoms with Crippen molar-refractivity contribution in [2.75, 3.05) is 13.1 Å². The number of fused-ring (bicyclic) bond motifs is 1. The Morgan fingerprint density at radius 3 is 2.63 bits per heavy atom. The number of halogens is 2. The van der Waals surface area contributed by atoms with E-state index in [1.807, 2.05) is 34.9 Å². The van der Waals surface area contributed by atoms with Crippen LogP contribution in [0.5, 0.6) is 0 Å². The number of carbonyl (C=O) groups is 2. The Labute approximate surface area is 201 Å². The van der Waals surface area contributed by atoms with Gasteiger partial charge in [0.25, 0.3) is 5.91 Å². The molecule has 1 fully saturated rings. The maximum atomic E-state index is 13.8. The molecule has 35 heavy (non-hydrogen) atoms. The number of benzene rings is 2. The van der Waals surface area contributed by atoms with Crippen LogP contribution in [0, 0.1) is 17.6 Å². The quantitative estimate of drug-likeness (QED) is 0.606. The standard InChI is InChI=1S/C26H26F2N4O3/c27-20-6-7-21(28)19(12-20)13-29-25(33)18-8-10-31(11-9-18)26(34)24-22-15-35-23(14-32(22)16-30-24)17-4-2-1-3-5-17/h1-7,12,16,18,23H,8-11,13-15H2,(H,29,33). The second-order valence-electron chi connectivity index (χ2n) is 8.92. The van der Waals surface area contributed by atoms with Crippen molar-refractivity contribution in [1.82, 2.24) is 19.8 Å². The summed E-state index contributed by atoms with van der Waals surface area (Å²) in [7, 11) is 0. The third kappa shape index (κ3) is 4.95. The third-order valence-corrected chi connectivity index (χ3v) is 6.72. The molecule has 3 aromatic rings. The van der Waals surface area contributed by atoms with Crippen molar-refractivity contribution in [2.45, 2.75) is 38.6 Å². The number of hydrogen-bond acceptors (Lipinski definition) is 4. The summed E-state index contributed by atoms with van der Waals surface area (Å²) in [6, 6.07) is 13.1. The van der Waals surface area contributed by atoms with Crippen LogP contribution in [0.3, 0.4) is 0 Å². The molecule has 7 nitrogen and oxygen atoms in total. The van der Waals surface area contributed by atoms with Gasteiger partial charge in [0, 0.05) is 31.1 Å². The van der Waals surface area contributed by atoms with E-state index in [1.54, 1.807) is 11.2 Å². The van der Waals surface area contributed by atoms with Crippen molar-refractivity contribution >= 4 is 11.8 Å². The summed E-state index contributed by atoms with van der Waals surface area (Å²) in [6.07, 6.45) is 2.58. The number of likely N-dealkylation sites (tertiary alicyclic amines) is 1. The van der Waals surface area contributed by atoms with E-state index in [0.717, 1.165) is 29.5 Å². The molecule has 9 heteroatoms. The van der Waals surface area contributed by atoms with E-state index >= 15 is 0 Å². The van der Waals surface area contributed by atoms with E-state index in [9.17, 15) is 18.4 Å². The summed E-state index contributed by atoms with van der Waals surface area (Å²) in [5, 5.41) is 2.69. The molecule has 2 aromatic carbocycles. The molecule has 3 heterocycles. The van der Waals surface area contributed by atoms with E-state index in [0.29, 0.717) is 44.8 Å². The number of aromatic nitrogens is 2. The van der Waals surface area contributed by atoms with Crippen LogP contribution < -0.4 is 5.32 Å². The topological polar surface area (TPSA) is 76.5 Å². The first-order chi connectivity index (χ1) is 17.0. The van der Waals surface area contributed by atoms with Gasteiger partial charge in [-0.25, -0.2) is 13.8 Å². The number of nitrogens with one attached hydrogen (secondary N) is 1. The van der Waals surface area contributed by atoms with Gasteiger partial charge < -0.3 is 19.5 Å². The molecule has 0 bridgehead atoms. The number of piperidine rings is 1. The Morgan fingerprint density at radius 2 is 1.86 bits per heavy atom. The Bertz CT molecular complexity index is 1220. The average Bonchev–Trinajstić information content (AvgIpc) is 3.32. The van der Waals surface area contributed by atoms with Gasteiger partial charge in [0.2, 0.25) is 5.91 Å². The lowest BCUT2D eigenvalue weighted by molar-refractivity contribution is -0.126. The van der Waals surface area contributed by atoms with Crippen molar-refractivity contribution in [1.29, 1.82) is 0 Å². The zero-order valence-electron chi connectivity index (χ0n) is 19.1. The van der Waals surface area contributed by atoms with Gasteiger partial charge in [0.05, 0.1) is 25.2 Å². The van der Waals surface area contributed by atoms with Gasteiger partial charge >= 0.3 is 0 Å². The zero-order chi connectivity index (χ0) is 24.4. The minimum Gasteiger partial charge on any atom is -0.365 e. The number of rotatable bonds is 5. The molecule has 0 saturated carbocycles. The largest absolute Gasteiger partial charge is 0.365 e. The summed E-state index contributed by atoms with van der Waals surface area (Å²) in [5.74, 6) is -1.79. The van der Waals surface area contributed by atoms with E-state index < -0.39 is 11.6 Å². The van der Waals surface area contributed by atoms with Gasteiger partial charge in [-0.2, -0.15) is 0 Å². The first kappa shape index (κ1) is 23.2. The molecule has 2 aliphatic rings. The van der Waals surface area contributed by atoms with Gasteiger partial charge in [-0.1, -0.05) is 30.3 Å². The number of imidazole rings is 1. The minimum atomic E-state index is -0.561. The highest BCUT2D eigenvalue weighted by atomic mass is 19.1. The Hall–Kier alpha value is -3.59. The predicted octanol–water partition coefficient (Wildman–Crippen LogP) is 3.60. The second-order valence-corrected chi connectivity index (χ2v) is 8.92. The van der Waals surface area contributed by atoms with Crippen molar-refractivity contribution < 1.29 is 23.1 Å². The predicted molar refractivity (Wildman–Crippen MR) is 123 cm³/mol. The van der Waals surface area contributed by atoms with Crippen LogP contribution in [0.4, 0.5) is 8.78 Å². The molecule has 0 spiro atoms. The first-order valence-corrected chi connectivity index (χ1v) is 11.7. The Morgan fingerprint density at radius 1 is 1.09 bits per heavy atom.